The number of ether oxygens (including phenoxy) is 2. The first-order chi connectivity index (χ1) is 14.5. The number of likely N-dealkylation sites (tertiary alicyclic amines) is 1. The normalized spacial score (nSPS) is 32.8. The highest BCUT2D eigenvalue weighted by Gasteiger charge is 2.73. The third-order valence-electron chi connectivity index (χ3n) is 7.87. The Morgan fingerprint density at radius 1 is 1.29 bits per heavy atom. The van der Waals surface area contributed by atoms with Crippen molar-refractivity contribution in [2.75, 3.05) is 13.6 Å². The Balaban J connectivity index is 0.00000204. The van der Waals surface area contributed by atoms with Gasteiger partial charge in [-0.1, -0.05) is 29.8 Å². The second-order valence-corrected chi connectivity index (χ2v) is 9.58. The maximum Gasteiger partial charge on any atom is 0.174 e. The minimum absolute atomic E-state index is 0. The molecule has 2 aliphatic heterocycles. The first kappa shape index (κ1) is 21.1. The minimum Gasteiger partial charge on any atom is -0.504 e. The Hall–Kier alpha value is -1.79. The van der Waals surface area contributed by atoms with Gasteiger partial charge in [0.05, 0.1) is 17.6 Å². The van der Waals surface area contributed by atoms with Gasteiger partial charge in [-0.05, 0) is 62.2 Å². The molecule has 1 saturated carbocycles. The molecule has 2 bridgehead atoms. The number of nitrogens with zero attached hydrogens (tertiary/aromatic N) is 1. The molecule has 2 heterocycles. The molecule has 1 saturated heterocycles. The van der Waals surface area contributed by atoms with Gasteiger partial charge < -0.3 is 19.5 Å². The van der Waals surface area contributed by atoms with Gasteiger partial charge in [-0.2, -0.15) is 0 Å². The van der Waals surface area contributed by atoms with Gasteiger partial charge in [0.25, 0.3) is 0 Å². The first-order valence-electron chi connectivity index (χ1n) is 10.6. The molecule has 0 amide bonds. The predicted molar refractivity (Wildman–Crippen MR) is 119 cm³/mol. The molecule has 1 spiro atoms. The molecule has 2 aromatic rings. The van der Waals surface area contributed by atoms with Crippen molar-refractivity contribution in [1.29, 1.82) is 0 Å². The number of carbonyl (C=O) groups is 1. The van der Waals surface area contributed by atoms with E-state index < -0.39 is 17.1 Å². The summed E-state index contributed by atoms with van der Waals surface area (Å²) in [6.45, 7) is 1.30. The number of piperidine rings is 1. The van der Waals surface area contributed by atoms with Crippen LogP contribution in [0.3, 0.4) is 0 Å². The second kappa shape index (κ2) is 7.11. The predicted octanol–water partition coefficient (Wildman–Crippen LogP) is 4.04. The summed E-state index contributed by atoms with van der Waals surface area (Å²) in [6, 6.07) is 11.6. The maximum absolute atomic E-state index is 13.1. The zero-order chi connectivity index (χ0) is 20.7. The molecule has 2 aliphatic carbocycles. The summed E-state index contributed by atoms with van der Waals surface area (Å²) in [7, 11) is 2.15. The smallest absolute Gasteiger partial charge is 0.174 e. The molecule has 164 valence electrons. The van der Waals surface area contributed by atoms with Crippen LogP contribution >= 0.6 is 24.0 Å². The van der Waals surface area contributed by atoms with Gasteiger partial charge in [0.1, 0.15) is 0 Å². The fourth-order valence-corrected chi connectivity index (χ4v) is 6.85. The van der Waals surface area contributed by atoms with Crippen LogP contribution in [-0.4, -0.2) is 47.1 Å². The van der Waals surface area contributed by atoms with Crippen molar-refractivity contribution in [2.24, 2.45) is 0 Å². The van der Waals surface area contributed by atoms with Gasteiger partial charge in [0.15, 0.2) is 23.4 Å². The van der Waals surface area contributed by atoms with Crippen LogP contribution in [0.2, 0.25) is 5.02 Å². The zero-order valence-corrected chi connectivity index (χ0v) is 18.8. The second-order valence-electron chi connectivity index (χ2n) is 9.14. The van der Waals surface area contributed by atoms with Gasteiger partial charge in [0.2, 0.25) is 0 Å². The number of likely N-dealkylation sites (N-methyl/N-ethyl adjacent to an activating group) is 1. The van der Waals surface area contributed by atoms with E-state index in [-0.39, 0.29) is 30.0 Å². The highest BCUT2D eigenvalue weighted by atomic mass is 35.5. The highest BCUT2D eigenvalue weighted by Crippen LogP contribution is 2.65. The Kier molecular flexibility index (Phi) is 4.83. The van der Waals surface area contributed by atoms with Crippen molar-refractivity contribution >= 4 is 29.8 Å². The van der Waals surface area contributed by atoms with Crippen LogP contribution in [-0.2, 0) is 28.0 Å². The molecule has 7 heteroatoms. The van der Waals surface area contributed by atoms with Crippen molar-refractivity contribution in [2.45, 2.75) is 55.5 Å². The van der Waals surface area contributed by atoms with Crippen LogP contribution < -0.4 is 4.74 Å². The summed E-state index contributed by atoms with van der Waals surface area (Å²) in [5.41, 5.74) is 2.09. The number of benzene rings is 2. The molecule has 5 nitrogen and oxygen atoms in total. The van der Waals surface area contributed by atoms with Crippen LogP contribution in [0.5, 0.6) is 11.5 Å². The van der Waals surface area contributed by atoms with E-state index in [0.29, 0.717) is 30.2 Å². The number of phenols is 1. The number of carbonyl (C=O) groups excluding carboxylic acids is 1. The van der Waals surface area contributed by atoms with E-state index in [1.54, 1.807) is 6.07 Å². The van der Waals surface area contributed by atoms with Gasteiger partial charge in [-0.3, -0.25) is 4.79 Å². The molecule has 1 N–H and O–H groups in total. The molecule has 2 aromatic carbocycles. The minimum atomic E-state index is -0.593. The van der Waals surface area contributed by atoms with Gasteiger partial charge in [0, 0.05) is 23.0 Å². The molecular weight excluding hydrogens is 437 g/mol. The lowest BCUT2D eigenvalue weighted by molar-refractivity contribution is -0.215. The number of aromatic hydroxyl groups is 1. The number of hydrogen-bond acceptors (Lipinski definition) is 5. The van der Waals surface area contributed by atoms with Crippen molar-refractivity contribution in [1.82, 2.24) is 4.90 Å². The molecule has 2 fully saturated rings. The van der Waals surface area contributed by atoms with E-state index in [4.69, 9.17) is 21.1 Å². The molecule has 1 unspecified atom stereocenters. The van der Waals surface area contributed by atoms with Gasteiger partial charge >= 0.3 is 0 Å². The van der Waals surface area contributed by atoms with Crippen molar-refractivity contribution in [3.8, 4) is 11.5 Å². The maximum atomic E-state index is 13.1. The monoisotopic (exact) mass is 461 g/mol. The molecular formula is C24H25Cl2NO4. The zero-order valence-electron chi connectivity index (χ0n) is 17.3. The van der Waals surface area contributed by atoms with Crippen LogP contribution in [0.1, 0.15) is 36.0 Å². The Morgan fingerprint density at radius 3 is 2.94 bits per heavy atom. The van der Waals surface area contributed by atoms with Gasteiger partial charge in [-0.15, -0.1) is 12.4 Å². The van der Waals surface area contributed by atoms with E-state index in [1.165, 1.54) is 5.56 Å². The van der Waals surface area contributed by atoms with Crippen molar-refractivity contribution in [3.05, 3.63) is 58.1 Å². The van der Waals surface area contributed by atoms with Crippen molar-refractivity contribution < 1.29 is 19.4 Å². The van der Waals surface area contributed by atoms with E-state index in [1.807, 2.05) is 30.3 Å². The standard InChI is InChI=1S/C24H24ClNO4.ClH/c1-26-10-9-23-20-15-5-6-17(27)21(20)30-22(23)18(28)7-8-24(23,19(26)12-15)29-13-14-3-2-4-16(25)11-14;/h2-6,11,19,22,27H,7-10,12-13H2,1H3;1H/t19-,22?,23+,24-;/m1./s1. The van der Waals surface area contributed by atoms with Crippen LogP contribution in [0, 0.1) is 0 Å². The fraction of sp³-hybridized carbons (Fsp3) is 0.458. The SMILES string of the molecule is CN1CC[C@]23c4c5ccc(O)c4OC2C(=O)CC[C@@]3(OCc2cccc(Cl)c2)[C@H]1C5.Cl. The number of Topliss-reactive ketones (excluding diaryl/α,β-unsaturated/α-hetero) is 1. The number of halogens is 2. The highest BCUT2D eigenvalue weighted by molar-refractivity contribution is 6.30. The number of phenolic OH excluding ortho intramolecular Hbond substituents is 1. The summed E-state index contributed by atoms with van der Waals surface area (Å²) < 4.78 is 13.1. The lowest BCUT2D eigenvalue weighted by Gasteiger charge is -2.64. The lowest BCUT2D eigenvalue weighted by atomic mass is 9.49. The molecule has 4 aliphatic rings. The van der Waals surface area contributed by atoms with Crippen molar-refractivity contribution in [3.63, 3.8) is 0 Å². The molecule has 6 rings (SSSR count). The van der Waals surface area contributed by atoms with E-state index in [2.05, 4.69) is 11.9 Å². The summed E-state index contributed by atoms with van der Waals surface area (Å²) >= 11 is 6.20. The number of rotatable bonds is 3. The van der Waals surface area contributed by atoms with Crippen LogP contribution in [0.15, 0.2) is 36.4 Å². The molecule has 4 atom stereocenters. The molecule has 0 aromatic heterocycles. The quantitative estimate of drug-likeness (QED) is 0.746. The average molecular weight is 462 g/mol. The molecule has 0 radical (unpaired) electrons. The molecule has 31 heavy (non-hydrogen) atoms. The van der Waals surface area contributed by atoms with E-state index >= 15 is 0 Å². The Labute approximate surface area is 192 Å². The lowest BCUT2D eigenvalue weighted by Crippen LogP contribution is -2.76. The largest absolute Gasteiger partial charge is 0.504 e. The van der Waals surface area contributed by atoms with Crippen LogP contribution in [0.25, 0.3) is 0 Å². The number of hydrogen-bond donors (Lipinski definition) is 1. The summed E-state index contributed by atoms with van der Waals surface area (Å²) in [6.07, 6.45) is 2.09. The summed E-state index contributed by atoms with van der Waals surface area (Å²) in [5.74, 6) is 0.724. The third kappa shape index (κ3) is 2.61. The summed E-state index contributed by atoms with van der Waals surface area (Å²) in [4.78, 5) is 15.5. The van der Waals surface area contributed by atoms with Crippen LogP contribution in [0.4, 0.5) is 0 Å². The van der Waals surface area contributed by atoms with Gasteiger partial charge in [-0.25, -0.2) is 0 Å². The Morgan fingerprint density at radius 2 is 2.13 bits per heavy atom. The van der Waals surface area contributed by atoms with E-state index in [9.17, 15) is 9.90 Å². The average Bonchev–Trinajstić information content (AvgIpc) is 3.09. The summed E-state index contributed by atoms with van der Waals surface area (Å²) in [5, 5.41) is 11.3. The number of ketones is 1. The third-order valence-corrected chi connectivity index (χ3v) is 8.11. The fourth-order valence-electron chi connectivity index (χ4n) is 6.64. The first-order valence-corrected chi connectivity index (χ1v) is 11.0. The topological polar surface area (TPSA) is 59.0 Å². The Bertz CT molecular complexity index is 1080. The van der Waals surface area contributed by atoms with E-state index in [0.717, 1.165) is 30.5 Å².